The van der Waals surface area contributed by atoms with Gasteiger partial charge in [0.2, 0.25) is 0 Å². The van der Waals surface area contributed by atoms with E-state index in [2.05, 4.69) is 38.5 Å². The monoisotopic (exact) mass is 346 g/mol. The number of benzene rings is 1. The first kappa shape index (κ1) is 9.80. The minimum atomic E-state index is -0.193. The Morgan fingerprint density at radius 3 is 2.73 bits per heavy atom. The molecule has 1 aromatic rings. The van der Waals surface area contributed by atoms with E-state index in [1.807, 2.05) is 12.3 Å². The van der Waals surface area contributed by atoms with E-state index in [0.717, 1.165) is 8.47 Å². The molecular formula is C7H5BrFIS. The molecule has 0 heterocycles. The third kappa shape index (κ3) is 2.32. The normalized spacial score (nSPS) is 10.2. The van der Waals surface area contributed by atoms with Crippen molar-refractivity contribution < 1.29 is 4.39 Å². The van der Waals surface area contributed by atoms with E-state index in [1.54, 1.807) is 0 Å². The molecule has 0 saturated carbocycles. The Bertz CT molecular complexity index is 277. The molecule has 0 aliphatic rings. The fourth-order valence-corrected chi connectivity index (χ4v) is 2.71. The van der Waals surface area contributed by atoms with Crippen molar-refractivity contribution in [3.8, 4) is 0 Å². The molecule has 0 amide bonds. The third-order valence-corrected chi connectivity index (χ3v) is 3.63. The van der Waals surface area contributed by atoms with Gasteiger partial charge in [-0.2, -0.15) is 0 Å². The molecule has 0 aliphatic heterocycles. The van der Waals surface area contributed by atoms with E-state index in [-0.39, 0.29) is 5.82 Å². The first-order chi connectivity index (χ1) is 5.15. The molecule has 0 aliphatic carbocycles. The molecule has 60 valence electrons. The Morgan fingerprint density at radius 1 is 1.55 bits per heavy atom. The Labute approximate surface area is 91.2 Å². The topological polar surface area (TPSA) is 0 Å². The summed E-state index contributed by atoms with van der Waals surface area (Å²) in [5.74, 6) is -0.193. The number of hydrogen-bond acceptors (Lipinski definition) is 1. The Balaban J connectivity index is 3.24. The van der Waals surface area contributed by atoms with Crippen molar-refractivity contribution in [2.45, 2.75) is 4.90 Å². The van der Waals surface area contributed by atoms with Crippen molar-refractivity contribution in [3.05, 3.63) is 26.0 Å². The summed E-state index contributed by atoms with van der Waals surface area (Å²) in [6.45, 7) is 0. The van der Waals surface area contributed by atoms with Gasteiger partial charge in [-0.3, -0.25) is 0 Å². The van der Waals surface area contributed by atoms with Gasteiger partial charge in [0.1, 0.15) is 5.82 Å². The molecule has 0 bridgehead atoms. The largest absolute Gasteiger partial charge is 0.206 e. The predicted octanol–water partition coefficient (Wildman–Crippen LogP) is 3.91. The smallest absolute Gasteiger partial charge is 0.139 e. The van der Waals surface area contributed by atoms with Crippen LogP contribution >= 0.6 is 50.3 Å². The van der Waals surface area contributed by atoms with E-state index in [9.17, 15) is 4.39 Å². The van der Waals surface area contributed by atoms with Crippen molar-refractivity contribution in [1.82, 2.24) is 0 Å². The summed E-state index contributed by atoms with van der Waals surface area (Å²) >= 11 is 6.80. The molecule has 11 heavy (non-hydrogen) atoms. The summed E-state index contributed by atoms with van der Waals surface area (Å²) in [6.07, 6.45) is 1.93. The second kappa shape index (κ2) is 4.09. The number of rotatable bonds is 1. The second-order valence-corrected chi connectivity index (χ2v) is 4.79. The van der Waals surface area contributed by atoms with Crippen LogP contribution in [0.15, 0.2) is 21.5 Å². The molecule has 0 unspecified atom stereocenters. The molecule has 0 saturated heterocycles. The van der Waals surface area contributed by atoms with Gasteiger partial charge in [-0.05, 0) is 56.9 Å². The predicted molar refractivity (Wildman–Crippen MR) is 58.6 cm³/mol. The van der Waals surface area contributed by atoms with Gasteiger partial charge in [-0.15, -0.1) is 11.8 Å². The minimum absolute atomic E-state index is 0.193. The molecular weight excluding hydrogens is 342 g/mol. The number of halogens is 3. The van der Waals surface area contributed by atoms with Gasteiger partial charge in [0.15, 0.2) is 0 Å². The maximum Gasteiger partial charge on any atom is 0.139 e. The maximum absolute atomic E-state index is 13.0. The van der Waals surface area contributed by atoms with Gasteiger partial charge in [0.05, 0.1) is 4.47 Å². The van der Waals surface area contributed by atoms with Gasteiger partial charge < -0.3 is 0 Å². The zero-order valence-corrected chi connectivity index (χ0v) is 10.3. The van der Waals surface area contributed by atoms with Crippen LogP contribution in [0.2, 0.25) is 0 Å². The molecule has 0 aromatic heterocycles. The molecule has 1 aromatic carbocycles. The average Bonchev–Trinajstić information content (AvgIpc) is 1.96. The third-order valence-electron chi connectivity index (χ3n) is 1.18. The van der Waals surface area contributed by atoms with E-state index < -0.39 is 0 Å². The Kier molecular flexibility index (Phi) is 3.64. The maximum atomic E-state index is 13.0. The van der Waals surface area contributed by atoms with Crippen LogP contribution in [0.25, 0.3) is 0 Å². The molecule has 0 spiro atoms. The lowest BCUT2D eigenvalue weighted by Crippen LogP contribution is -1.83. The van der Waals surface area contributed by atoms with Crippen LogP contribution in [0.1, 0.15) is 0 Å². The van der Waals surface area contributed by atoms with Crippen LogP contribution < -0.4 is 0 Å². The summed E-state index contributed by atoms with van der Waals surface area (Å²) in [6, 6.07) is 3.45. The van der Waals surface area contributed by atoms with E-state index >= 15 is 0 Å². The highest BCUT2D eigenvalue weighted by molar-refractivity contribution is 14.1. The molecule has 0 radical (unpaired) electrons. The lowest BCUT2D eigenvalue weighted by Gasteiger charge is -2.01. The standard InChI is InChI=1S/C7H5BrFIS/c1-11-6-3-4(10)2-5(9)7(6)8/h2-3H,1H3. The summed E-state index contributed by atoms with van der Waals surface area (Å²) < 4.78 is 14.4. The van der Waals surface area contributed by atoms with E-state index in [4.69, 9.17) is 0 Å². The highest BCUT2D eigenvalue weighted by Crippen LogP contribution is 2.29. The van der Waals surface area contributed by atoms with Crippen molar-refractivity contribution in [3.63, 3.8) is 0 Å². The SMILES string of the molecule is CSc1cc(I)cc(F)c1Br. The van der Waals surface area contributed by atoms with Crippen LogP contribution in [0, 0.1) is 9.39 Å². The highest BCUT2D eigenvalue weighted by Gasteiger charge is 2.05. The summed E-state index contributed by atoms with van der Waals surface area (Å²) in [4.78, 5) is 0.939. The van der Waals surface area contributed by atoms with Crippen molar-refractivity contribution in [2.75, 3.05) is 6.26 Å². The van der Waals surface area contributed by atoms with Gasteiger partial charge in [0.25, 0.3) is 0 Å². The Hall–Kier alpha value is 0.710. The zero-order valence-electron chi connectivity index (χ0n) is 5.70. The first-order valence-corrected chi connectivity index (χ1v) is 5.93. The van der Waals surface area contributed by atoms with Crippen molar-refractivity contribution in [2.24, 2.45) is 0 Å². The van der Waals surface area contributed by atoms with Crippen molar-refractivity contribution >= 4 is 50.3 Å². The number of thioether (sulfide) groups is 1. The van der Waals surface area contributed by atoms with E-state index in [0.29, 0.717) is 4.47 Å². The number of hydrogen-bond donors (Lipinski definition) is 0. The fourth-order valence-electron chi connectivity index (χ4n) is 0.681. The first-order valence-electron chi connectivity index (χ1n) is 2.83. The van der Waals surface area contributed by atoms with E-state index in [1.165, 1.54) is 17.8 Å². The molecule has 0 atom stereocenters. The average molecular weight is 347 g/mol. The van der Waals surface area contributed by atoms with Crippen LogP contribution in [-0.4, -0.2) is 6.26 Å². The molecule has 0 fully saturated rings. The quantitative estimate of drug-likeness (QED) is 0.422. The lowest BCUT2D eigenvalue weighted by molar-refractivity contribution is 0.615. The lowest BCUT2D eigenvalue weighted by atomic mass is 10.3. The zero-order chi connectivity index (χ0) is 8.43. The van der Waals surface area contributed by atoms with Crippen molar-refractivity contribution in [1.29, 1.82) is 0 Å². The summed E-state index contributed by atoms with van der Waals surface area (Å²) in [7, 11) is 0. The van der Waals surface area contributed by atoms with Crippen LogP contribution in [0.5, 0.6) is 0 Å². The highest BCUT2D eigenvalue weighted by atomic mass is 127. The summed E-state index contributed by atoms with van der Waals surface area (Å²) in [5.41, 5.74) is 0. The minimum Gasteiger partial charge on any atom is -0.206 e. The van der Waals surface area contributed by atoms with Crippen LogP contribution in [0.4, 0.5) is 4.39 Å². The summed E-state index contributed by atoms with van der Waals surface area (Å²) in [5, 5.41) is 0. The second-order valence-electron chi connectivity index (χ2n) is 1.90. The fraction of sp³-hybridized carbons (Fsp3) is 0.143. The van der Waals surface area contributed by atoms with Crippen LogP contribution in [0.3, 0.4) is 0 Å². The van der Waals surface area contributed by atoms with Gasteiger partial charge in [0, 0.05) is 8.47 Å². The molecule has 4 heteroatoms. The van der Waals surface area contributed by atoms with Gasteiger partial charge in [-0.25, -0.2) is 4.39 Å². The van der Waals surface area contributed by atoms with Gasteiger partial charge in [-0.1, -0.05) is 0 Å². The van der Waals surface area contributed by atoms with Gasteiger partial charge >= 0.3 is 0 Å². The molecule has 0 N–H and O–H groups in total. The van der Waals surface area contributed by atoms with Crippen LogP contribution in [-0.2, 0) is 0 Å². The molecule has 0 nitrogen and oxygen atoms in total. The Morgan fingerprint density at radius 2 is 2.18 bits per heavy atom. The molecule has 1 rings (SSSR count).